The van der Waals surface area contributed by atoms with Crippen LogP contribution < -0.4 is 11.1 Å². The van der Waals surface area contributed by atoms with Gasteiger partial charge in [0, 0.05) is 18.8 Å². The topological polar surface area (TPSA) is 122 Å². The molecule has 18 heavy (non-hydrogen) atoms. The van der Waals surface area contributed by atoms with Crippen LogP contribution in [0.3, 0.4) is 0 Å². The minimum atomic E-state index is -1.21. The van der Waals surface area contributed by atoms with E-state index < -0.39 is 23.8 Å². The van der Waals surface area contributed by atoms with E-state index in [0.717, 1.165) is 0 Å². The summed E-state index contributed by atoms with van der Waals surface area (Å²) in [6, 6.07) is 1.92. The zero-order valence-electron chi connectivity index (χ0n) is 9.50. The number of amides is 2. The van der Waals surface area contributed by atoms with Crippen molar-refractivity contribution in [3.05, 3.63) is 30.1 Å². The molecule has 0 saturated heterocycles. The molecule has 0 aliphatic carbocycles. The van der Waals surface area contributed by atoms with Crippen molar-refractivity contribution in [2.24, 2.45) is 5.73 Å². The molecule has 0 radical (unpaired) electrons. The van der Waals surface area contributed by atoms with E-state index in [1.807, 2.05) is 0 Å². The summed E-state index contributed by atoms with van der Waals surface area (Å²) in [7, 11) is 0. The van der Waals surface area contributed by atoms with Gasteiger partial charge in [-0.1, -0.05) is 0 Å². The van der Waals surface area contributed by atoms with Gasteiger partial charge in [0.25, 0.3) is 5.91 Å². The third-order valence-electron chi connectivity index (χ3n) is 2.21. The van der Waals surface area contributed by atoms with Crippen LogP contribution in [0.2, 0.25) is 0 Å². The number of nitrogens with two attached hydrogens (primary N) is 1. The zero-order chi connectivity index (χ0) is 13.5. The molecule has 0 spiro atoms. The summed E-state index contributed by atoms with van der Waals surface area (Å²) in [5.41, 5.74) is 5.18. The average molecular weight is 251 g/mol. The number of rotatable bonds is 6. The van der Waals surface area contributed by atoms with Crippen molar-refractivity contribution in [2.45, 2.75) is 18.9 Å². The van der Waals surface area contributed by atoms with Crippen molar-refractivity contribution in [1.82, 2.24) is 10.3 Å². The fourth-order valence-electron chi connectivity index (χ4n) is 1.28. The van der Waals surface area contributed by atoms with Gasteiger partial charge in [-0.2, -0.15) is 0 Å². The monoisotopic (exact) mass is 251 g/mol. The fraction of sp³-hybridized carbons (Fsp3) is 0.273. The van der Waals surface area contributed by atoms with E-state index in [2.05, 4.69) is 10.3 Å². The Morgan fingerprint density at radius 2 is 2.17 bits per heavy atom. The fourth-order valence-corrected chi connectivity index (χ4v) is 1.28. The van der Waals surface area contributed by atoms with E-state index in [1.165, 1.54) is 18.5 Å². The number of hydrogen-bond acceptors (Lipinski definition) is 4. The molecule has 0 aromatic carbocycles. The second-order valence-electron chi connectivity index (χ2n) is 3.61. The van der Waals surface area contributed by atoms with Crippen LogP contribution in [0.25, 0.3) is 0 Å². The van der Waals surface area contributed by atoms with Crippen molar-refractivity contribution in [3.8, 4) is 0 Å². The lowest BCUT2D eigenvalue weighted by atomic mass is 10.1. The van der Waals surface area contributed by atoms with Gasteiger partial charge in [-0.15, -0.1) is 0 Å². The molecule has 7 nitrogen and oxygen atoms in total. The molecule has 0 fully saturated rings. The predicted octanol–water partition coefficient (Wildman–Crippen LogP) is -0.470. The van der Waals surface area contributed by atoms with Crippen LogP contribution in [-0.4, -0.2) is 33.9 Å². The zero-order valence-corrected chi connectivity index (χ0v) is 9.50. The highest BCUT2D eigenvalue weighted by Crippen LogP contribution is 2.01. The first kappa shape index (κ1) is 13.6. The molecule has 1 aromatic heterocycles. The van der Waals surface area contributed by atoms with Gasteiger partial charge >= 0.3 is 5.97 Å². The highest BCUT2D eigenvalue weighted by atomic mass is 16.4. The van der Waals surface area contributed by atoms with E-state index >= 15 is 0 Å². The summed E-state index contributed by atoms with van der Waals surface area (Å²) in [5, 5.41) is 11.2. The Morgan fingerprint density at radius 3 is 2.67 bits per heavy atom. The number of pyridine rings is 1. The molecule has 7 heteroatoms. The van der Waals surface area contributed by atoms with Crippen LogP contribution in [0.1, 0.15) is 23.2 Å². The van der Waals surface area contributed by atoms with Crippen LogP contribution in [0.5, 0.6) is 0 Å². The van der Waals surface area contributed by atoms with Crippen LogP contribution in [0.15, 0.2) is 24.5 Å². The van der Waals surface area contributed by atoms with Gasteiger partial charge in [0.15, 0.2) is 0 Å². The lowest BCUT2D eigenvalue weighted by Gasteiger charge is -2.13. The number of nitrogens with one attached hydrogen (secondary N) is 1. The second-order valence-corrected chi connectivity index (χ2v) is 3.61. The first-order valence-corrected chi connectivity index (χ1v) is 5.22. The number of aromatic nitrogens is 1. The Bertz CT molecular complexity index is 447. The molecule has 1 rings (SSSR count). The smallest absolute Gasteiger partial charge is 0.326 e. The van der Waals surface area contributed by atoms with E-state index in [-0.39, 0.29) is 18.4 Å². The Balaban J connectivity index is 2.64. The van der Waals surface area contributed by atoms with Gasteiger partial charge in [0.1, 0.15) is 6.04 Å². The lowest BCUT2D eigenvalue weighted by molar-refractivity contribution is -0.139. The standard InChI is InChI=1S/C11H13N3O4/c12-9(15)4-3-8(11(17)18)14-10(16)7-2-1-5-13-6-7/h1-2,5-6,8H,3-4H2,(H2,12,15)(H,14,16)(H,17,18). The number of aliphatic carboxylic acids is 1. The average Bonchev–Trinajstić information content (AvgIpc) is 2.34. The predicted molar refractivity (Wildman–Crippen MR) is 61.6 cm³/mol. The summed E-state index contributed by atoms with van der Waals surface area (Å²) >= 11 is 0. The molecule has 1 unspecified atom stereocenters. The normalized spacial score (nSPS) is 11.6. The molecule has 0 aliphatic rings. The summed E-state index contributed by atoms with van der Waals surface area (Å²) in [4.78, 5) is 36.9. The number of primary amides is 1. The molecule has 4 N–H and O–H groups in total. The van der Waals surface area contributed by atoms with Gasteiger partial charge in [-0.05, 0) is 18.6 Å². The first-order chi connectivity index (χ1) is 8.50. The van der Waals surface area contributed by atoms with Gasteiger partial charge in [0.05, 0.1) is 5.56 Å². The van der Waals surface area contributed by atoms with Gasteiger partial charge in [-0.3, -0.25) is 14.6 Å². The van der Waals surface area contributed by atoms with E-state index in [1.54, 1.807) is 6.07 Å². The van der Waals surface area contributed by atoms with Crippen LogP contribution in [0, 0.1) is 0 Å². The molecule has 0 saturated carbocycles. The summed E-state index contributed by atoms with van der Waals surface area (Å²) in [6.45, 7) is 0. The first-order valence-electron chi connectivity index (χ1n) is 5.22. The SMILES string of the molecule is NC(=O)CCC(NC(=O)c1cccnc1)C(=O)O. The van der Waals surface area contributed by atoms with E-state index in [9.17, 15) is 14.4 Å². The van der Waals surface area contributed by atoms with Crippen molar-refractivity contribution < 1.29 is 19.5 Å². The van der Waals surface area contributed by atoms with Crippen molar-refractivity contribution in [3.63, 3.8) is 0 Å². The maximum absolute atomic E-state index is 11.7. The van der Waals surface area contributed by atoms with E-state index in [4.69, 9.17) is 10.8 Å². The molecule has 96 valence electrons. The third-order valence-corrected chi connectivity index (χ3v) is 2.21. The van der Waals surface area contributed by atoms with Crippen molar-refractivity contribution in [2.75, 3.05) is 0 Å². The molecule has 0 aliphatic heterocycles. The van der Waals surface area contributed by atoms with Gasteiger partial charge in [-0.25, -0.2) is 4.79 Å². The third kappa shape index (κ3) is 4.20. The molecule has 1 heterocycles. The van der Waals surface area contributed by atoms with Crippen molar-refractivity contribution >= 4 is 17.8 Å². The maximum atomic E-state index is 11.7. The van der Waals surface area contributed by atoms with Crippen LogP contribution >= 0.6 is 0 Å². The highest BCUT2D eigenvalue weighted by molar-refractivity contribution is 5.96. The molecular formula is C11H13N3O4. The largest absolute Gasteiger partial charge is 0.480 e. The van der Waals surface area contributed by atoms with Crippen LogP contribution in [0.4, 0.5) is 0 Å². The van der Waals surface area contributed by atoms with Crippen LogP contribution in [-0.2, 0) is 9.59 Å². The summed E-state index contributed by atoms with van der Waals surface area (Å²) in [6.07, 6.45) is 2.67. The Morgan fingerprint density at radius 1 is 1.44 bits per heavy atom. The minimum Gasteiger partial charge on any atom is -0.480 e. The molecule has 1 atom stereocenters. The maximum Gasteiger partial charge on any atom is 0.326 e. The number of hydrogen-bond donors (Lipinski definition) is 3. The van der Waals surface area contributed by atoms with Gasteiger partial charge in [0.2, 0.25) is 5.91 Å². The number of carbonyl (C=O) groups excluding carboxylic acids is 2. The summed E-state index contributed by atoms with van der Waals surface area (Å²) < 4.78 is 0. The Labute approximate surface area is 103 Å². The quantitative estimate of drug-likeness (QED) is 0.630. The molecule has 1 aromatic rings. The number of carboxylic acid groups (broad SMARTS) is 1. The van der Waals surface area contributed by atoms with Crippen molar-refractivity contribution in [1.29, 1.82) is 0 Å². The highest BCUT2D eigenvalue weighted by Gasteiger charge is 2.21. The second kappa shape index (κ2) is 6.33. The molecule has 2 amide bonds. The number of carboxylic acids is 1. The lowest BCUT2D eigenvalue weighted by Crippen LogP contribution is -2.41. The summed E-state index contributed by atoms with van der Waals surface area (Å²) in [5.74, 6) is -2.38. The Kier molecular flexibility index (Phi) is 4.79. The Hall–Kier alpha value is -2.44. The van der Waals surface area contributed by atoms with E-state index in [0.29, 0.717) is 0 Å². The van der Waals surface area contributed by atoms with Gasteiger partial charge < -0.3 is 16.2 Å². The minimum absolute atomic E-state index is 0.0450. The molecular weight excluding hydrogens is 238 g/mol. The number of nitrogens with zero attached hydrogens (tertiary/aromatic N) is 1. The molecule has 0 bridgehead atoms. The number of carbonyl (C=O) groups is 3.